The lowest BCUT2D eigenvalue weighted by Crippen LogP contribution is -2.06. The van der Waals surface area contributed by atoms with Gasteiger partial charge in [-0.15, -0.1) is 0 Å². The van der Waals surface area contributed by atoms with E-state index in [-0.39, 0.29) is 0 Å². The quantitative estimate of drug-likeness (QED) is 0.499. The number of hydrogen-bond acceptors (Lipinski definition) is 4. The number of pyridine rings is 2. The second kappa shape index (κ2) is 7.17. The molecule has 29 heavy (non-hydrogen) atoms. The molecule has 0 amide bonds. The van der Waals surface area contributed by atoms with Gasteiger partial charge >= 0.3 is 5.97 Å². The number of esters is 1. The molecule has 0 atom stereocenters. The largest absolute Gasteiger partial charge is 0.464 e. The van der Waals surface area contributed by atoms with Crippen LogP contribution < -0.4 is 0 Å². The molecule has 1 fully saturated rings. The minimum Gasteiger partial charge on any atom is -0.464 e. The lowest BCUT2D eigenvalue weighted by atomic mass is 10.00. The lowest BCUT2D eigenvalue weighted by Gasteiger charge is -2.07. The van der Waals surface area contributed by atoms with Crippen LogP contribution in [0.1, 0.15) is 46.1 Å². The summed E-state index contributed by atoms with van der Waals surface area (Å²) in [5.41, 5.74) is 6.92. The molecule has 0 aliphatic heterocycles. The van der Waals surface area contributed by atoms with E-state index in [9.17, 15) is 4.79 Å². The van der Waals surface area contributed by atoms with Gasteiger partial charge < -0.3 is 9.72 Å². The molecule has 3 aromatic heterocycles. The molecule has 1 N–H and O–H groups in total. The molecule has 5 heteroatoms. The average molecular weight is 383 g/mol. The molecule has 1 aromatic carbocycles. The number of hydrogen-bond donors (Lipinski definition) is 1. The standard InChI is InChI=1S/C24H21N3O2/c1-29-24(28)21-6-2-5-18(26-21)13-20-19-10-9-16(15-7-8-15)12-22(19)27-23(20)17-4-3-11-25-14-17/h2-6,9-12,14-15,27H,7-8,13H2,1H3. The number of rotatable bonds is 5. The third-order valence-electron chi connectivity index (χ3n) is 5.49. The van der Waals surface area contributed by atoms with Crippen molar-refractivity contribution in [1.29, 1.82) is 0 Å². The molecule has 0 bridgehead atoms. The number of nitrogens with one attached hydrogen (secondary N) is 1. The number of fused-ring (bicyclic) bond motifs is 1. The van der Waals surface area contributed by atoms with Gasteiger partial charge in [-0.1, -0.05) is 18.2 Å². The zero-order valence-corrected chi connectivity index (χ0v) is 16.2. The zero-order valence-electron chi connectivity index (χ0n) is 16.2. The first kappa shape index (κ1) is 17.6. The predicted octanol–water partition coefficient (Wildman–Crippen LogP) is 4.88. The summed E-state index contributed by atoms with van der Waals surface area (Å²) in [4.78, 5) is 24.3. The van der Waals surface area contributed by atoms with Crippen molar-refractivity contribution in [3.63, 3.8) is 0 Å². The number of aromatic nitrogens is 3. The van der Waals surface area contributed by atoms with Gasteiger partial charge in [0.05, 0.1) is 12.8 Å². The van der Waals surface area contributed by atoms with Crippen molar-refractivity contribution in [2.75, 3.05) is 7.11 Å². The third kappa shape index (κ3) is 3.40. The number of ether oxygens (including phenoxy) is 1. The van der Waals surface area contributed by atoms with E-state index in [1.165, 1.54) is 30.9 Å². The number of aromatic amines is 1. The van der Waals surface area contributed by atoms with Crippen LogP contribution in [0.3, 0.4) is 0 Å². The van der Waals surface area contributed by atoms with E-state index >= 15 is 0 Å². The zero-order chi connectivity index (χ0) is 19.8. The fraction of sp³-hybridized carbons (Fsp3) is 0.208. The van der Waals surface area contributed by atoms with Crippen molar-refractivity contribution in [2.24, 2.45) is 0 Å². The van der Waals surface area contributed by atoms with Gasteiger partial charge in [0.25, 0.3) is 0 Å². The van der Waals surface area contributed by atoms with Gasteiger partial charge in [0.2, 0.25) is 0 Å². The number of benzene rings is 1. The Bertz CT molecular complexity index is 1190. The minimum atomic E-state index is -0.424. The topological polar surface area (TPSA) is 67.9 Å². The van der Waals surface area contributed by atoms with Crippen molar-refractivity contribution in [3.05, 3.63) is 83.4 Å². The molecule has 0 radical (unpaired) electrons. The van der Waals surface area contributed by atoms with Crippen LogP contribution in [0.5, 0.6) is 0 Å². The van der Waals surface area contributed by atoms with Crippen molar-refractivity contribution >= 4 is 16.9 Å². The summed E-state index contributed by atoms with van der Waals surface area (Å²) in [6, 6.07) is 16.2. The predicted molar refractivity (Wildman–Crippen MR) is 112 cm³/mol. The molecule has 3 heterocycles. The molecular formula is C24H21N3O2. The molecule has 1 saturated carbocycles. The molecule has 0 saturated heterocycles. The molecule has 144 valence electrons. The van der Waals surface area contributed by atoms with Crippen molar-refractivity contribution in [1.82, 2.24) is 15.0 Å². The summed E-state index contributed by atoms with van der Waals surface area (Å²) in [5.74, 6) is 0.277. The van der Waals surface area contributed by atoms with E-state index in [1.807, 2.05) is 24.4 Å². The molecule has 5 rings (SSSR count). The smallest absolute Gasteiger partial charge is 0.356 e. The Balaban J connectivity index is 1.62. The van der Waals surface area contributed by atoms with Crippen LogP contribution in [-0.4, -0.2) is 28.0 Å². The van der Waals surface area contributed by atoms with E-state index in [0.717, 1.165) is 28.0 Å². The van der Waals surface area contributed by atoms with Crippen molar-refractivity contribution in [2.45, 2.75) is 25.2 Å². The average Bonchev–Trinajstić information content (AvgIpc) is 3.56. The number of carbonyl (C=O) groups is 1. The Labute approximate surface area is 168 Å². The summed E-state index contributed by atoms with van der Waals surface area (Å²) >= 11 is 0. The number of methoxy groups -OCH3 is 1. The van der Waals surface area contributed by atoms with E-state index in [0.29, 0.717) is 18.0 Å². The van der Waals surface area contributed by atoms with E-state index in [1.54, 1.807) is 12.3 Å². The van der Waals surface area contributed by atoms with Crippen LogP contribution >= 0.6 is 0 Å². The molecule has 4 aromatic rings. The number of carbonyl (C=O) groups excluding carboxylic acids is 1. The van der Waals surface area contributed by atoms with E-state index in [2.05, 4.69) is 39.2 Å². The van der Waals surface area contributed by atoms with Gasteiger partial charge in [0.15, 0.2) is 0 Å². The Morgan fingerprint density at radius 3 is 2.83 bits per heavy atom. The highest BCUT2D eigenvalue weighted by Crippen LogP contribution is 2.42. The second-order valence-electron chi connectivity index (χ2n) is 7.48. The van der Waals surface area contributed by atoms with Crippen molar-refractivity contribution in [3.8, 4) is 11.3 Å². The first-order valence-corrected chi connectivity index (χ1v) is 9.82. The van der Waals surface area contributed by atoms with Crippen LogP contribution in [0.15, 0.2) is 60.9 Å². The van der Waals surface area contributed by atoms with Gasteiger partial charge in [-0.3, -0.25) is 4.98 Å². The van der Waals surface area contributed by atoms with Gasteiger partial charge in [0.1, 0.15) is 5.69 Å². The van der Waals surface area contributed by atoms with Gasteiger partial charge in [-0.25, -0.2) is 9.78 Å². The molecule has 1 aliphatic rings. The van der Waals surface area contributed by atoms with Gasteiger partial charge in [-0.05, 0) is 60.2 Å². The normalized spacial score (nSPS) is 13.6. The second-order valence-corrected chi connectivity index (χ2v) is 7.48. The molecule has 0 spiro atoms. The van der Waals surface area contributed by atoms with Gasteiger partial charge in [-0.2, -0.15) is 0 Å². The summed E-state index contributed by atoms with van der Waals surface area (Å²) < 4.78 is 4.82. The summed E-state index contributed by atoms with van der Waals surface area (Å²) in [6.07, 6.45) is 6.81. The summed E-state index contributed by atoms with van der Waals surface area (Å²) in [7, 11) is 1.37. The SMILES string of the molecule is COC(=O)c1cccc(Cc2c(-c3cccnc3)[nH]c3cc(C4CC4)ccc23)n1. The molecule has 0 unspecified atom stereocenters. The van der Waals surface area contributed by atoms with E-state index < -0.39 is 5.97 Å². The van der Waals surface area contributed by atoms with Gasteiger partial charge in [0, 0.05) is 41.0 Å². The first-order valence-electron chi connectivity index (χ1n) is 9.82. The maximum absolute atomic E-state index is 11.9. The van der Waals surface area contributed by atoms with E-state index in [4.69, 9.17) is 4.74 Å². The summed E-state index contributed by atoms with van der Waals surface area (Å²) in [6.45, 7) is 0. The number of H-pyrrole nitrogens is 1. The fourth-order valence-electron chi connectivity index (χ4n) is 3.86. The molecule has 5 nitrogen and oxygen atoms in total. The monoisotopic (exact) mass is 383 g/mol. The van der Waals surface area contributed by atoms with Crippen LogP contribution in [0.25, 0.3) is 22.2 Å². The molecular weight excluding hydrogens is 362 g/mol. The maximum Gasteiger partial charge on any atom is 0.356 e. The first-order chi connectivity index (χ1) is 14.2. The highest BCUT2D eigenvalue weighted by molar-refractivity contribution is 5.92. The summed E-state index contributed by atoms with van der Waals surface area (Å²) in [5, 5.41) is 1.18. The fourth-order valence-corrected chi connectivity index (χ4v) is 3.86. The van der Waals surface area contributed by atoms with Crippen LogP contribution in [0.2, 0.25) is 0 Å². The Kier molecular flexibility index (Phi) is 4.35. The van der Waals surface area contributed by atoms with Crippen molar-refractivity contribution < 1.29 is 9.53 Å². The van der Waals surface area contributed by atoms with Crippen LogP contribution in [0.4, 0.5) is 0 Å². The number of nitrogens with zero attached hydrogens (tertiary/aromatic N) is 2. The Hall–Kier alpha value is -3.47. The third-order valence-corrected chi connectivity index (χ3v) is 5.49. The Morgan fingerprint density at radius 1 is 1.17 bits per heavy atom. The molecule has 1 aliphatic carbocycles. The van der Waals surface area contributed by atoms with Crippen LogP contribution in [0, 0.1) is 0 Å². The lowest BCUT2D eigenvalue weighted by molar-refractivity contribution is 0.0593. The minimum absolute atomic E-state index is 0.323. The Morgan fingerprint density at radius 2 is 2.07 bits per heavy atom. The highest BCUT2D eigenvalue weighted by atomic mass is 16.5. The van der Waals surface area contributed by atoms with Crippen LogP contribution in [-0.2, 0) is 11.2 Å². The highest BCUT2D eigenvalue weighted by Gasteiger charge is 2.24. The maximum atomic E-state index is 11.9.